The first-order valence-electron chi connectivity index (χ1n) is 9.76. The van der Waals surface area contributed by atoms with Gasteiger partial charge in [0.15, 0.2) is 11.5 Å². The molecule has 0 radical (unpaired) electrons. The number of methoxy groups -OCH3 is 2. The van der Waals surface area contributed by atoms with Gasteiger partial charge in [0.1, 0.15) is 11.9 Å². The van der Waals surface area contributed by atoms with E-state index < -0.39 is 6.04 Å². The number of carbonyl (C=O) groups is 1. The average Bonchev–Trinajstić information content (AvgIpc) is 2.81. The zero-order valence-corrected chi connectivity index (χ0v) is 18.7. The van der Waals surface area contributed by atoms with Gasteiger partial charge in [0.25, 0.3) is 0 Å². The molecule has 1 amide bonds. The van der Waals surface area contributed by atoms with Crippen LogP contribution in [0.4, 0.5) is 5.69 Å². The maximum Gasteiger partial charge on any atom is 0.247 e. The fourth-order valence-corrected chi connectivity index (χ4v) is 3.13. The van der Waals surface area contributed by atoms with Gasteiger partial charge in [0.2, 0.25) is 5.91 Å². The van der Waals surface area contributed by atoms with Crippen molar-refractivity contribution in [2.75, 3.05) is 19.5 Å². The highest BCUT2D eigenvalue weighted by Crippen LogP contribution is 2.31. The van der Waals surface area contributed by atoms with E-state index in [1.807, 2.05) is 36.4 Å². The zero-order chi connectivity index (χ0) is 22.2. The zero-order valence-electron chi connectivity index (χ0n) is 17.9. The van der Waals surface area contributed by atoms with E-state index in [9.17, 15) is 4.79 Å². The topological polar surface area (TPSA) is 109 Å². The molecule has 3 rings (SSSR count). The molecule has 0 fully saturated rings. The second-order valence-electron chi connectivity index (χ2n) is 6.89. The maximum atomic E-state index is 13.2. The van der Waals surface area contributed by atoms with Crippen LogP contribution in [-0.2, 0) is 11.3 Å². The van der Waals surface area contributed by atoms with Crippen molar-refractivity contribution in [2.24, 2.45) is 5.73 Å². The minimum Gasteiger partial charge on any atom is -0.493 e. The molecule has 0 aliphatic heterocycles. The summed E-state index contributed by atoms with van der Waals surface area (Å²) in [5, 5.41) is 13.8. The minimum absolute atomic E-state index is 0. The van der Waals surface area contributed by atoms with Crippen LogP contribution in [-0.4, -0.2) is 26.0 Å². The first-order chi connectivity index (χ1) is 15.0. The van der Waals surface area contributed by atoms with Gasteiger partial charge in [-0.15, -0.1) is 12.4 Å². The number of carbonyl (C=O) groups excluding carboxylic acids is 1. The number of hydrogen-bond acceptors (Lipinski definition) is 5. The Morgan fingerprint density at radius 1 is 0.969 bits per heavy atom. The number of anilines is 1. The predicted octanol–water partition coefficient (Wildman–Crippen LogP) is 3.88. The maximum absolute atomic E-state index is 13.2. The third-order valence-corrected chi connectivity index (χ3v) is 4.82. The van der Waals surface area contributed by atoms with Crippen molar-refractivity contribution in [3.8, 4) is 11.5 Å². The van der Waals surface area contributed by atoms with Crippen LogP contribution < -0.4 is 25.8 Å². The Hall–Kier alpha value is -3.71. The fourth-order valence-electron chi connectivity index (χ4n) is 3.13. The van der Waals surface area contributed by atoms with E-state index in [-0.39, 0.29) is 24.1 Å². The molecule has 8 heteroatoms. The normalized spacial score (nSPS) is 10.9. The van der Waals surface area contributed by atoms with Crippen molar-refractivity contribution in [1.82, 2.24) is 5.32 Å². The summed E-state index contributed by atoms with van der Waals surface area (Å²) in [5.41, 5.74) is 8.59. The molecule has 0 saturated heterocycles. The molecule has 0 bridgehead atoms. The standard InChI is InChI=1S/C24H26N4O3.ClH/c1-30-20-13-10-18(14-21(20)31-2)22(24(29)27-15-16-6-4-3-5-7-16)28-19-11-8-17(9-12-19)23(25)26;/h3-14,22,28H,15H2,1-2H3,(H3,25,26)(H,27,29);1H/t22-;/m0./s1. The van der Waals surface area contributed by atoms with Crippen LogP contribution in [0.2, 0.25) is 0 Å². The second-order valence-corrected chi connectivity index (χ2v) is 6.89. The Labute approximate surface area is 193 Å². The van der Waals surface area contributed by atoms with Crippen molar-refractivity contribution < 1.29 is 14.3 Å². The number of halogens is 1. The molecular weight excluding hydrogens is 428 g/mol. The van der Waals surface area contributed by atoms with E-state index in [1.54, 1.807) is 50.6 Å². The quantitative estimate of drug-likeness (QED) is 0.290. The van der Waals surface area contributed by atoms with Crippen molar-refractivity contribution >= 4 is 29.8 Å². The lowest BCUT2D eigenvalue weighted by atomic mass is 10.0. The summed E-state index contributed by atoms with van der Waals surface area (Å²) in [4.78, 5) is 13.2. The molecule has 3 aromatic rings. The number of benzene rings is 3. The summed E-state index contributed by atoms with van der Waals surface area (Å²) < 4.78 is 10.7. The first kappa shape index (κ1) is 24.6. The minimum atomic E-state index is -0.674. The molecule has 7 nitrogen and oxygen atoms in total. The van der Waals surface area contributed by atoms with E-state index in [2.05, 4.69) is 10.6 Å². The molecule has 0 aliphatic carbocycles. The van der Waals surface area contributed by atoms with Gasteiger partial charge in [0, 0.05) is 17.8 Å². The van der Waals surface area contributed by atoms with E-state index >= 15 is 0 Å². The van der Waals surface area contributed by atoms with Crippen LogP contribution in [0, 0.1) is 5.41 Å². The lowest BCUT2D eigenvalue weighted by Crippen LogP contribution is -2.33. The Kier molecular flexibility index (Phi) is 8.92. The number of rotatable bonds is 9. The third-order valence-electron chi connectivity index (χ3n) is 4.82. The largest absolute Gasteiger partial charge is 0.493 e. The molecule has 0 heterocycles. The number of ether oxygens (including phenoxy) is 2. The summed E-state index contributed by atoms with van der Waals surface area (Å²) in [7, 11) is 3.12. The van der Waals surface area contributed by atoms with Gasteiger partial charge in [-0.2, -0.15) is 0 Å². The number of hydrogen-bond donors (Lipinski definition) is 4. The Morgan fingerprint density at radius 2 is 1.62 bits per heavy atom. The van der Waals surface area contributed by atoms with Gasteiger partial charge in [-0.3, -0.25) is 10.2 Å². The molecule has 0 aliphatic rings. The number of amidine groups is 1. The summed E-state index contributed by atoms with van der Waals surface area (Å²) in [5.74, 6) is 0.922. The second kappa shape index (κ2) is 11.6. The molecule has 0 unspecified atom stereocenters. The summed E-state index contributed by atoms with van der Waals surface area (Å²) in [6.45, 7) is 0.411. The molecule has 32 heavy (non-hydrogen) atoms. The molecule has 5 N–H and O–H groups in total. The molecule has 1 atom stereocenters. The van der Waals surface area contributed by atoms with Crippen LogP contribution in [0.15, 0.2) is 72.8 Å². The highest BCUT2D eigenvalue weighted by molar-refractivity contribution is 5.95. The van der Waals surface area contributed by atoms with E-state index in [4.69, 9.17) is 20.6 Å². The van der Waals surface area contributed by atoms with Crippen LogP contribution in [0.25, 0.3) is 0 Å². The Bertz CT molecular complexity index is 1040. The van der Waals surface area contributed by atoms with E-state index in [1.165, 1.54) is 0 Å². The Balaban J connectivity index is 0.00000363. The number of nitrogens with one attached hydrogen (secondary N) is 3. The number of nitrogens with two attached hydrogens (primary N) is 1. The van der Waals surface area contributed by atoms with Crippen LogP contribution in [0.3, 0.4) is 0 Å². The van der Waals surface area contributed by atoms with E-state index in [0.29, 0.717) is 23.6 Å². The van der Waals surface area contributed by atoms with Crippen molar-refractivity contribution in [3.05, 3.63) is 89.5 Å². The van der Waals surface area contributed by atoms with Gasteiger partial charge < -0.3 is 25.8 Å². The van der Waals surface area contributed by atoms with Crippen LogP contribution in [0.1, 0.15) is 22.7 Å². The molecule has 0 saturated carbocycles. The smallest absolute Gasteiger partial charge is 0.247 e. The highest BCUT2D eigenvalue weighted by Gasteiger charge is 2.22. The van der Waals surface area contributed by atoms with Crippen molar-refractivity contribution in [1.29, 1.82) is 5.41 Å². The molecule has 168 valence electrons. The van der Waals surface area contributed by atoms with Crippen molar-refractivity contribution in [2.45, 2.75) is 12.6 Å². The summed E-state index contributed by atoms with van der Waals surface area (Å²) >= 11 is 0. The molecule has 0 aromatic heterocycles. The lowest BCUT2D eigenvalue weighted by molar-refractivity contribution is -0.122. The van der Waals surface area contributed by atoms with Gasteiger partial charge in [-0.25, -0.2) is 0 Å². The van der Waals surface area contributed by atoms with Crippen molar-refractivity contribution in [3.63, 3.8) is 0 Å². The average molecular weight is 455 g/mol. The third kappa shape index (κ3) is 6.15. The van der Waals surface area contributed by atoms with Gasteiger partial charge in [0.05, 0.1) is 14.2 Å². The Morgan fingerprint density at radius 3 is 2.22 bits per heavy atom. The van der Waals surface area contributed by atoms with Crippen LogP contribution >= 0.6 is 12.4 Å². The predicted molar refractivity (Wildman–Crippen MR) is 129 cm³/mol. The van der Waals surface area contributed by atoms with E-state index in [0.717, 1.165) is 16.8 Å². The monoisotopic (exact) mass is 454 g/mol. The summed E-state index contributed by atoms with van der Waals surface area (Å²) in [6.07, 6.45) is 0. The highest BCUT2D eigenvalue weighted by atomic mass is 35.5. The number of nitrogen functional groups attached to an aromatic ring is 1. The fraction of sp³-hybridized carbons (Fsp3) is 0.167. The van der Waals surface area contributed by atoms with Crippen LogP contribution in [0.5, 0.6) is 11.5 Å². The number of amides is 1. The molecule has 3 aromatic carbocycles. The summed E-state index contributed by atoms with van der Waals surface area (Å²) in [6, 6.07) is 21.5. The SMILES string of the molecule is COc1ccc([C@H](Nc2ccc(C(=N)N)cc2)C(=O)NCc2ccccc2)cc1OC.Cl. The van der Waals surface area contributed by atoms with Gasteiger partial charge in [-0.05, 0) is 47.5 Å². The first-order valence-corrected chi connectivity index (χ1v) is 9.76. The van der Waals surface area contributed by atoms with Gasteiger partial charge in [-0.1, -0.05) is 36.4 Å². The molecular formula is C24H27ClN4O3. The lowest BCUT2D eigenvalue weighted by Gasteiger charge is -2.21. The van der Waals surface area contributed by atoms with Gasteiger partial charge >= 0.3 is 0 Å². The molecule has 0 spiro atoms.